The van der Waals surface area contributed by atoms with Gasteiger partial charge in [0.25, 0.3) is 0 Å². The number of methoxy groups -OCH3 is 1. The van der Waals surface area contributed by atoms with Gasteiger partial charge in [0, 0.05) is 11.8 Å². The molecule has 0 heterocycles. The Morgan fingerprint density at radius 3 is 2.57 bits per heavy atom. The van der Waals surface area contributed by atoms with Gasteiger partial charge in [-0.05, 0) is 66.3 Å². The molecule has 2 aromatic carbocycles. The van der Waals surface area contributed by atoms with Crippen LogP contribution in [0.25, 0.3) is 0 Å². The summed E-state index contributed by atoms with van der Waals surface area (Å²) < 4.78 is 17.2. The first-order valence-corrected chi connectivity index (χ1v) is 10.4. The Morgan fingerprint density at radius 1 is 1.10 bits per heavy atom. The molecule has 0 radical (unpaired) electrons. The van der Waals surface area contributed by atoms with Crippen LogP contribution in [0.4, 0.5) is 5.69 Å². The third kappa shape index (κ3) is 7.21. The van der Waals surface area contributed by atoms with Crippen molar-refractivity contribution < 1.29 is 23.8 Å². The molecule has 0 aliphatic rings. The molecular weight excluding hydrogens is 501 g/mol. The molecule has 0 bridgehead atoms. The predicted molar refractivity (Wildman–Crippen MR) is 123 cm³/mol. The van der Waals surface area contributed by atoms with Crippen LogP contribution in [0.3, 0.4) is 0 Å². The van der Waals surface area contributed by atoms with Crippen LogP contribution in [0, 0.1) is 3.57 Å². The van der Waals surface area contributed by atoms with E-state index in [0.29, 0.717) is 36.1 Å². The van der Waals surface area contributed by atoms with E-state index in [1.807, 2.05) is 19.9 Å². The van der Waals surface area contributed by atoms with E-state index in [9.17, 15) is 9.59 Å². The topological polar surface area (TPSA) is 98.2 Å². The van der Waals surface area contributed by atoms with Gasteiger partial charge < -0.3 is 19.5 Å². The van der Waals surface area contributed by atoms with Gasteiger partial charge in [-0.1, -0.05) is 6.07 Å². The molecule has 2 amide bonds. The van der Waals surface area contributed by atoms with Gasteiger partial charge >= 0.3 is 0 Å². The zero-order valence-electron chi connectivity index (χ0n) is 17.0. The van der Waals surface area contributed by atoms with Crippen molar-refractivity contribution >= 4 is 46.3 Å². The summed E-state index contributed by atoms with van der Waals surface area (Å²) in [5.74, 6) is 0.910. The molecule has 9 heteroatoms. The van der Waals surface area contributed by atoms with Crippen LogP contribution in [-0.2, 0) is 9.59 Å². The number of carbonyl (C=O) groups is 2. The minimum atomic E-state index is -0.530. The number of nitrogens with one attached hydrogen (secondary N) is 2. The third-order valence-corrected chi connectivity index (χ3v) is 4.50. The molecule has 0 atom stereocenters. The smallest absolute Gasteiger partial charge is 0.249 e. The molecule has 0 saturated carbocycles. The van der Waals surface area contributed by atoms with Crippen molar-refractivity contribution in [3.63, 3.8) is 0 Å². The van der Waals surface area contributed by atoms with Crippen LogP contribution in [-0.4, -0.2) is 38.4 Å². The number of carbonyl (C=O) groups excluding carboxylic acids is 2. The maximum Gasteiger partial charge on any atom is 0.249 e. The van der Waals surface area contributed by atoms with Crippen LogP contribution < -0.4 is 25.0 Å². The van der Waals surface area contributed by atoms with Crippen molar-refractivity contribution in [1.82, 2.24) is 5.43 Å². The molecule has 0 aliphatic heterocycles. The van der Waals surface area contributed by atoms with E-state index in [1.54, 1.807) is 30.3 Å². The molecule has 2 aromatic rings. The lowest BCUT2D eigenvalue weighted by Crippen LogP contribution is -2.24. The summed E-state index contributed by atoms with van der Waals surface area (Å²) in [5.41, 5.74) is 3.63. The Hall–Kier alpha value is -2.82. The lowest BCUT2D eigenvalue weighted by Gasteiger charge is -2.13. The summed E-state index contributed by atoms with van der Waals surface area (Å²) in [6, 6.07) is 10.5. The summed E-state index contributed by atoms with van der Waals surface area (Å²) in [7, 11) is 1.54. The molecule has 8 nitrogen and oxygen atoms in total. The number of ether oxygens (including phenoxy) is 3. The average Bonchev–Trinajstić information content (AvgIpc) is 2.70. The number of rotatable bonds is 10. The molecule has 0 aromatic heterocycles. The van der Waals surface area contributed by atoms with Gasteiger partial charge in [0.2, 0.25) is 11.8 Å². The first kappa shape index (κ1) is 23.5. The van der Waals surface area contributed by atoms with Crippen molar-refractivity contribution in [3.8, 4) is 17.2 Å². The van der Waals surface area contributed by atoms with E-state index < -0.39 is 11.8 Å². The van der Waals surface area contributed by atoms with Crippen LogP contribution in [0.5, 0.6) is 17.2 Å². The van der Waals surface area contributed by atoms with Gasteiger partial charge in [-0.25, -0.2) is 5.43 Å². The Morgan fingerprint density at radius 2 is 1.87 bits per heavy atom. The summed E-state index contributed by atoms with van der Waals surface area (Å²) in [6.07, 6.45) is 1.12. The van der Waals surface area contributed by atoms with Gasteiger partial charge in [-0.15, -0.1) is 0 Å². The Bertz CT molecular complexity index is 918. The van der Waals surface area contributed by atoms with Crippen molar-refractivity contribution in [2.24, 2.45) is 5.10 Å². The number of halogens is 1. The Labute approximate surface area is 189 Å². The normalized spacial score (nSPS) is 10.5. The third-order valence-electron chi connectivity index (χ3n) is 3.70. The molecule has 0 unspecified atom stereocenters. The lowest BCUT2D eigenvalue weighted by atomic mass is 10.2. The number of hydrogen-bond acceptors (Lipinski definition) is 6. The molecule has 2 N–H and O–H groups in total. The molecule has 30 heavy (non-hydrogen) atoms. The number of hydrogen-bond donors (Lipinski definition) is 2. The van der Waals surface area contributed by atoms with Crippen molar-refractivity contribution in [3.05, 3.63) is 45.5 Å². The second-order valence-corrected chi connectivity index (χ2v) is 7.11. The lowest BCUT2D eigenvalue weighted by molar-refractivity contribution is -0.126. The van der Waals surface area contributed by atoms with Crippen LogP contribution >= 0.6 is 22.6 Å². The van der Waals surface area contributed by atoms with E-state index >= 15 is 0 Å². The summed E-state index contributed by atoms with van der Waals surface area (Å²) in [4.78, 5) is 24.0. The number of hydrazone groups is 1. The average molecular weight is 525 g/mol. The van der Waals surface area contributed by atoms with E-state index in [2.05, 4.69) is 38.4 Å². The fourth-order valence-corrected chi connectivity index (χ4v) is 3.26. The first-order valence-electron chi connectivity index (χ1n) is 9.31. The fraction of sp³-hybridized carbons (Fsp3) is 0.286. The molecule has 0 aliphatic carbocycles. The summed E-state index contributed by atoms with van der Waals surface area (Å²) in [5, 5.41) is 6.56. The fourth-order valence-electron chi connectivity index (χ4n) is 2.48. The summed E-state index contributed by atoms with van der Waals surface area (Å²) in [6.45, 7) is 4.81. The zero-order chi connectivity index (χ0) is 21.9. The molecule has 0 fully saturated rings. The second kappa shape index (κ2) is 12.0. The van der Waals surface area contributed by atoms with Crippen LogP contribution in [0.1, 0.15) is 25.8 Å². The van der Waals surface area contributed by atoms with Gasteiger partial charge in [-0.3, -0.25) is 9.59 Å². The minimum absolute atomic E-state index is 0.362. The Kier molecular flexibility index (Phi) is 9.39. The molecule has 0 saturated heterocycles. The van der Waals surface area contributed by atoms with Gasteiger partial charge in [-0.2, -0.15) is 5.10 Å². The van der Waals surface area contributed by atoms with Gasteiger partial charge in [0.05, 0.1) is 30.1 Å². The first-order chi connectivity index (χ1) is 14.5. The number of benzene rings is 2. The SMILES string of the molecule is CCOc1cc(C=NNC(=O)CC(=O)Nc2cccc(OC)c2)cc(I)c1OCC. The minimum Gasteiger partial charge on any atom is -0.497 e. The standard InChI is InChI=1S/C21H24IN3O5/c1-4-29-18-10-14(9-17(22)21(18)30-5-2)13-23-25-20(27)12-19(26)24-15-7-6-8-16(11-15)28-3/h6-11,13H,4-5,12H2,1-3H3,(H,24,26)(H,25,27). The molecule has 2 rings (SSSR count). The van der Waals surface area contributed by atoms with Crippen LogP contribution in [0.15, 0.2) is 41.5 Å². The highest BCUT2D eigenvalue weighted by atomic mass is 127. The van der Waals surface area contributed by atoms with E-state index in [4.69, 9.17) is 14.2 Å². The van der Waals surface area contributed by atoms with E-state index in [1.165, 1.54) is 13.3 Å². The highest BCUT2D eigenvalue weighted by Gasteiger charge is 2.12. The van der Waals surface area contributed by atoms with Crippen LogP contribution in [0.2, 0.25) is 0 Å². The predicted octanol–water partition coefficient (Wildman–Crippen LogP) is 3.58. The van der Waals surface area contributed by atoms with Gasteiger partial charge in [0.1, 0.15) is 12.2 Å². The van der Waals surface area contributed by atoms with Crippen molar-refractivity contribution in [2.75, 3.05) is 25.6 Å². The van der Waals surface area contributed by atoms with Crippen molar-refractivity contribution in [1.29, 1.82) is 0 Å². The zero-order valence-corrected chi connectivity index (χ0v) is 19.2. The number of nitrogens with zero attached hydrogens (tertiary/aromatic N) is 1. The molecule has 0 spiro atoms. The maximum atomic E-state index is 12.0. The Balaban J connectivity index is 1.94. The molecule has 160 valence electrons. The van der Waals surface area contributed by atoms with E-state index in [-0.39, 0.29) is 6.42 Å². The quantitative estimate of drug-likeness (QED) is 0.214. The monoisotopic (exact) mass is 525 g/mol. The highest BCUT2D eigenvalue weighted by molar-refractivity contribution is 14.1. The summed E-state index contributed by atoms with van der Waals surface area (Å²) >= 11 is 2.16. The maximum absolute atomic E-state index is 12.0. The highest BCUT2D eigenvalue weighted by Crippen LogP contribution is 2.33. The van der Waals surface area contributed by atoms with E-state index in [0.717, 1.165) is 9.13 Å². The van der Waals surface area contributed by atoms with Gasteiger partial charge in [0.15, 0.2) is 11.5 Å². The van der Waals surface area contributed by atoms with Crippen molar-refractivity contribution in [2.45, 2.75) is 20.3 Å². The number of anilines is 1. The molecular formula is C21H24IN3O5. The largest absolute Gasteiger partial charge is 0.497 e. The second-order valence-electron chi connectivity index (χ2n) is 5.95. The number of amides is 2.